The van der Waals surface area contributed by atoms with Crippen molar-refractivity contribution in [2.24, 2.45) is 5.92 Å². The molecule has 0 aliphatic carbocycles. The van der Waals surface area contributed by atoms with Crippen LogP contribution in [0.2, 0.25) is 0 Å². The summed E-state index contributed by atoms with van der Waals surface area (Å²) < 4.78 is 13.1. The third-order valence-electron chi connectivity index (χ3n) is 6.52. The van der Waals surface area contributed by atoms with Crippen LogP contribution in [0.25, 0.3) is 0 Å². The standard InChI is InChI=1S/C24H35FN4O3/c1-17(2)21(26-22(30)19-7-9-20(25)10-8-19)24(32)29-15-13-27(14-16-29)18(3)23(31)28-11-5-4-6-12-28/h7-10,17-18,21H,4-6,11-16H2,1-3H3,(H,26,30)/t18-,21+/m0/s1. The molecule has 0 saturated carbocycles. The number of halogens is 1. The molecule has 1 N–H and O–H groups in total. The third-order valence-corrected chi connectivity index (χ3v) is 6.52. The average molecular weight is 447 g/mol. The van der Waals surface area contributed by atoms with Crippen LogP contribution in [0.5, 0.6) is 0 Å². The van der Waals surface area contributed by atoms with E-state index in [4.69, 9.17) is 0 Å². The Kier molecular flexibility index (Phi) is 8.23. The molecule has 32 heavy (non-hydrogen) atoms. The van der Waals surface area contributed by atoms with Crippen molar-refractivity contribution in [1.29, 1.82) is 0 Å². The van der Waals surface area contributed by atoms with Gasteiger partial charge in [0.25, 0.3) is 5.91 Å². The molecule has 2 fully saturated rings. The molecule has 2 atom stereocenters. The van der Waals surface area contributed by atoms with Crippen molar-refractivity contribution in [3.05, 3.63) is 35.6 Å². The van der Waals surface area contributed by atoms with E-state index in [0.717, 1.165) is 25.9 Å². The summed E-state index contributed by atoms with van der Waals surface area (Å²) in [4.78, 5) is 44.4. The maximum Gasteiger partial charge on any atom is 0.251 e. The summed E-state index contributed by atoms with van der Waals surface area (Å²) in [6.07, 6.45) is 3.33. The van der Waals surface area contributed by atoms with Crippen molar-refractivity contribution in [1.82, 2.24) is 20.0 Å². The normalized spacial score (nSPS) is 19.5. The van der Waals surface area contributed by atoms with Crippen LogP contribution in [0.3, 0.4) is 0 Å². The molecule has 0 unspecified atom stereocenters. The van der Waals surface area contributed by atoms with Crippen molar-refractivity contribution in [3.8, 4) is 0 Å². The Bertz CT molecular complexity index is 800. The summed E-state index contributed by atoms with van der Waals surface area (Å²) in [5, 5.41) is 2.82. The van der Waals surface area contributed by atoms with Gasteiger partial charge in [0.05, 0.1) is 6.04 Å². The summed E-state index contributed by atoms with van der Waals surface area (Å²) >= 11 is 0. The molecule has 7 nitrogen and oxygen atoms in total. The molecule has 3 rings (SSSR count). The van der Waals surface area contributed by atoms with Crippen LogP contribution in [-0.4, -0.2) is 83.8 Å². The zero-order valence-corrected chi connectivity index (χ0v) is 19.3. The van der Waals surface area contributed by atoms with Gasteiger partial charge in [-0.25, -0.2) is 4.39 Å². The van der Waals surface area contributed by atoms with E-state index in [-0.39, 0.29) is 23.8 Å². The van der Waals surface area contributed by atoms with Gasteiger partial charge in [0.1, 0.15) is 11.9 Å². The van der Waals surface area contributed by atoms with Gasteiger partial charge >= 0.3 is 0 Å². The predicted octanol–water partition coefficient (Wildman–Crippen LogP) is 2.13. The lowest BCUT2D eigenvalue weighted by Gasteiger charge is -2.40. The first kappa shape index (κ1) is 24.2. The highest BCUT2D eigenvalue weighted by Gasteiger charge is 2.34. The van der Waals surface area contributed by atoms with Crippen molar-refractivity contribution in [2.75, 3.05) is 39.3 Å². The summed E-state index contributed by atoms with van der Waals surface area (Å²) in [6.45, 7) is 9.71. The first-order valence-corrected chi connectivity index (χ1v) is 11.7. The highest BCUT2D eigenvalue weighted by molar-refractivity contribution is 5.97. The third kappa shape index (κ3) is 5.85. The maximum absolute atomic E-state index is 13.2. The van der Waals surface area contributed by atoms with E-state index in [1.165, 1.54) is 30.7 Å². The van der Waals surface area contributed by atoms with Gasteiger partial charge in [0, 0.05) is 44.8 Å². The highest BCUT2D eigenvalue weighted by atomic mass is 19.1. The minimum absolute atomic E-state index is 0.0930. The Hall–Kier alpha value is -2.48. The molecule has 0 bridgehead atoms. The maximum atomic E-state index is 13.2. The number of hydrogen-bond acceptors (Lipinski definition) is 4. The molecule has 2 saturated heterocycles. The molecule has 0 spiro atoms. The summed E-state index contributed by atoms with van der Waals surface area (Å²) in [7, 11) is 0. The number of likely N-dealkylation sites (tertiary alicyclic amines) is 1. The molecule has 8 heteroatoms. The number of carbonyl (C=O) groups excluding carboxylic acids is 3. The molecule has 2 aliphatic heterocycles. The highest BCUT2D eigenvalue weighted by Crippen LogP contribution is 2.16. The van der Waals surface area contributed by atoms with Gasteiger partial charge in [0.2, 0.25) is 11.8 Å². The second kappa shape index (κ2) is 10.9. The summed E-state index contributed by atoms with van der Waals surface area (Å²) in [5.41, 5.74) is 0.319. The lowest BCUT2D eigenvalue weighted by Crippen LogP contribution is -2.59. The van der Waals surface area contributed by atoms with Gasteiger partial charge in [0.15, 0.2) is 0 Å². The van der Waals surface area contributed by atoms with Gasteiger partial charge in [-0.15, -0.1) is 0 Å². The van der Waals surface area contributed by atoms with Crippen molar-refractivity contribution in [2.45, 2.75) is 52.1 Å². The molecule has 1 aromatic carbocycles. The Morgan fingerprint density at radius 1 is 0.812 bits per heavy atom. The summed E-state index contributed by atoms with van der Waals surface area (Å²) in [5.74, 6) is -0.842. The van der Waals surface area contributed by atoms with E-state index < -0.39 is 17.8 Å². The van der Waals surface area contributed by atoms with Crippen LogP contribution < -0.4 is 5.32 Å². The van der Waals surface area contributed by atoms with Gasteiger partial charge in [-0.2, -0.15) is 0 Å². The molecular formula is C24H35FN4O3. The minimum atomic E-state index is -0.661. The average Bonchev–Trinajstić information content (AvgIpc) is 2.82. The largest absolute Gasteiger partial charge is 0.341 e. The minimum Gasteiger partial charge on any atom is -0.341 e. The number of amides is 3. The van der Waals surface area contributed by atoms with E-state index in [9.17, 15) is 18.8 Å². The fourth-order valence-corrected chi connectivity index (χ4v) is 4.40. The van der Waals surface area contributed by atoms with E-state index in [1.54, 1.807) is 4.90 Å². The van der Waals surface area contributed by atoms with E-state index in [0.29, 0.717) is 31.7 Å². The van der Waals surface area contributed by atoms with E-state index in [1.807, 2.05) is 25.7 Å². The molecule has 176 valence electrons. The van der Waals surface area contributed by atoms with E-state index in [2.05, 4.69) is 10.2 Å². The van der Waals surface area contributed by atoms with Gasteiger partial charge in [-0.05, 0) is 56.4 Å². The zero-order valence-electron chi connectivity index (χ0n) is 19.3. The fraction of sp³-hybridized carbons (Fsp3) is 0.625. The van der Waals surface area contributed by atoms with Crippen LogP contribution in [0.15, 0.2) is 24.3 Å². The SMILES string of the molecule is CC(C)[C@@H](NC(=O)c1ccc(F)cc1)C(=O)N1CCN([C@@H](C)C(=O)N2CCCCC2)CC1. The summed E-state index contributed by atoms with van der Waals surface area (Å²) in [6, 6.07) is 4.42. The fourth-order valence-electron chi connectivity index (χ4n) is 4.40. The number of rotatable bonds is 6. The smallest absolute Gasteiger partial charge is 0.251 e. The second-order valence-electron chi connectivity index (χ2n) is 9.13. The monoisotopic (exact) mass is 446 g/mol. The number of carbonyl (C=O) groups is 3. The number of benzene rings is 1. The van der Waals surface area contributed by atoms with Crippen molar-refractivity contribution in [3.63, 3.8) is 0 Å². The first-order valence-electron chi connectivity index (χ1n) is 11.7. The molecule has 2 heterocycles. The molecule has 0 radical (unpaired) electrons. The van der Waals surface area contributed by atoms with Crippen LogP contribution in [0.1, 0.15) is 50.4 Å². The predicted molar refractivity (Wildman–Crippen MR) is 121 cm³/mol. The van der Waals surface area contributed by atoms with Gasteiger partial charge < -0.3 is 15.1 Å². The van der Waals surface area contributed by atoms with Crippen molar-refractivity contribution < 1.29 is 18.8 Å². The molecular weight excluding hydrogens is 411 g/mol. The van der Waals surface area contributed by atoms with Crippen LogP contribution in [-0.2, 0) is 9.59 Å². The molecule has 1 aromatic rings. The van der Waals surface area contributed by atoms with Crippen molar-refractivity contribution >= 4 is 17.7 Å². The number of hydrogen-bond donors (Lipinski definition) is 1. The Morgan fingerprint density at radius 2 is 1.38 bits per heavy atom. The van der Waals surface area contributed by atoms with Gasteiger partial charge in [-0.3, -0.25) is 19.3 Å². The van der Waals surface area contributed by atoms with Crippen LogP contribution >= 0.6 is 0 Å². The topological polar surface area (TPSA) is 73.0 Å². The number of piperidine rings is 1. The Morgan fingerprint density at radius 3 is 1.94 bits per heavy atom. The van der Waals surface area contributed by atoms with Gasteiger partial charge in [-0.1, -0.05) is 13.8 Å². The quantitative estimate of drug-likeness (QED) is 0.727. The molecule has 0 aromatic heterocycles. The molecule has 3 amide bonds. The van der Waals surface area contributed by atoms with Crippen LogP contribution in [0, 0.1) is 11.7 Å². The number of nitrogens with zero attached hydrogens (tertiary/aromatic N) is 3. The number of nitrogens with one attached hydrogen (secondary N) is 1. The lowest BCUT2D eigenvalue weighted by molar-refractivity contribution is -0.140. The first-order chi connectivity index (χ1) is 15.3. The Labute approximate surface area is 189 Å². The van der Waals surface area contributed by atoms with E-state index >= 15 is 0 Å². The number of piperazine rings is 1. The molecule has 2 aliphatic rings. The zero-order chi connectivity index (χ0) is 23.3. The lowest BCUT2D eigenvalue weighted by atomic mass is 10.0. The second-order valence-corrected chi connectivity index (χ2v) is 9.13. The Balaban J connectivity index is 1.55. The van der Waals surface area contributed by atoms with Crippen LogP contribution in [0.4, 0.5) is 4.39 Å².